The molecule has 0 saturated carbocycles. The van der Waals surface area contributed by atoms with E-state index in [-0.39, 0.29) is 22.4 Å². The fourth-order valence-corrected chi connectivity index (χ4v) is 6.24. The van der Waals surface area contributed by atoms with Crippen LogP contribution in [0.3, 0.4) is 0 Å². The summed E-state index contributed by atoms with van der Waals surface area (Å²) in [5, 5.41) is 3.89. The van der Waals surface area contributed by atoms with Crippen molar-refractivity contribution in [3.05, 3.63) is 53.1 Å². The van der Waals surface area contributed by atoms with Gasteiger partial charge in [-0.3, -0.25) is 0 Å². The number of amidine groups is 1. The number of aliphatic imine (C=N–C) groups is 1. The number of hydrogen-bond acceptors (Lipinski definition) is 3. The average Bonchev–Trinajstić information content (AvgIpc) is 3.30. The Morgan fingerprint density at radius 1 is 1.00 bits per heavy atom. The Balaban J connectivity index is 0.000000815. The van der Waals surface area contributed by atoms with Crippen molar-refractivity contribution in [2.24, 2.45) is 10.4 Å². The Kier molecular flexibility index (Phi) is 7.79. The fourth-order valence-electron chi connectivity index (χ4n) is 6.24. The molecule has 0 aromatic heterocycles. The molecule has 1 aliphatic carbocycles. The Morgan fingerprint density at radius 3 is 2.29 bits per heavy atom. The highest BCUT2D eigenvalue weighted by atomic mass is 15.4. The number of unbranched alkanes of at least 4 members (excludes halogenated alkanes) is 1. The maximum Gasteiger partial charge on any atom is 0.133 e. The molecule has 0 spiro atoms. The van der Waals surface area contributed by atoms with Crippen LogP contribution in [-0.2, 0) is 10.8 Å². The minimum atomic E-state index is -0.0424. The third kappa shape index (κ3) is 4.63. The number of rotatable bonds is 3. The largest absolute Gasteiger partial charge is 0.359 e. The van der Waals surface area contributed by atoms with Gasteiger partial charge in [-0.15, -0.1) is 0 Å². The molecule has 2 aromatic rings. The van der Waals surface area contributed by atoms with Crippen LogP contribution in [0.2, 0.25) is 0 Å². The van der Waals surface area contributed by atoms with E-state index in [1.54, 1.807) is 5.56 Å². The number of nitrogens with one attached hydrogen (secondary N) is 1. The standard InChI is InChI=1S/C28H37N3.2C2H6/c1-8-9-14-28(7)17-27(5,6)19-16-23-22(15-20(19)28)29-24-18-12-10-11-13-21(18)30-25(31(23)24)26(2,3)4;2*1-2/h10-13,15-16,24,29H,8-9,14,17H2,1-7H3;2*1-2H3. The zero-order valence-corrected chi connectivity index (χ0v) is 24.3. The van der Waals surface area contributed by atoms with Crippen molar-refractivity contribution in [3.63, 3.8) is 0 Å². The van der Waals surface area contributed by atoms with Crippen LogP contribution in [0.1, 0.15) is 125 Å². The van der Waals surface area contributed by atoms with Crippen LogP contribution in [0.4, 0.5) is 17.1 Å². The molecule has 0 radical (unpaired) electrons. The van der Waals surface area contributed by atoms with Crippen molar-refractivity contribution in [1.29, 1.82) is 0 Å². The minimum Gasteiger partial charge on any atom is -0.359 e. The van der Waals surface area contributed by atoms with Gasteiger partial charge in [0, 0.05) is 11.0 Å². The first-order valence-electron chi connectivity index (χ1n) is 14.0. The number of anilines is 2. The van der Waals surface area contributed by atoms with Gasteiger partial charge in [-0.1, -0.05) is 107 Å². The lowest BCUT2D eigenvalue weighted by Crippen LogP contribution is -2.43. The predicted molar refractivity (Wildman–Crippen MR) is 155 cm³/mol. The lowest BCUT2D eigenvalue weighted by atomic mass is 9.77. The van der Waals surface area contributed by atoms with Gasteiger partial charge < -0.3 is 10.2 Å². The fraction of sp³-hybridized carbons (Fsp3) is 0.594. The number of benzene rings is 2. The summed E-state index contributed by atoms with van der Waals surface area (Å²) in [6.07, 6.45) is 5.16. The van der Waals surface area contributed by atoms with E-state index in [0.717, 1.165) is 11.5 Å². The highest BCUT2D eigenvalue weighted by Crippen LogP contribution is 2.57. The molecule has 35 heavy (non-hydrogen) atoms. The first-order valence-corrected chi connectivity index (χ1v) is 14.0. The van der Waals surface area contributed by atoms with Crippen LogP contribution in [0.5, 0.6) is 0 Å². The molecular formula is C32H49N3. The molecule has 192 valence electrons. The minimum absolute atomic E-state index is 0.0424. The maximum atomic E-state index is 5.16. The van der Waals surface area contributed by atoms with Crippen molar-refractivity contribution in [1.82, 2.24) is 0 Å². The average molecular weight is 476 g/mol. The molecule has 2 aromatic carbocycles. The van der Waals surface area contributed by atoms with E-state index < -0.39 is 0 Å². The molecule has 5 rings (SSSR count). The van der Waals surface area contributed by atoms with Crippen LogP contribution in [0.25, 0.3) is 0 Å². The summed E-state index contributed by atoms with van der Waals surface area (Å²) >= 11 is 0. The number of para-hydroxylation sites is 1. The van der Waals surface area contributed by atoms with Crippen LogP contribution >= 0.6 is 0 Å². The number of hydrogen-bond donors (Lipinski definition) is 1. The van der Waals surface area contributed by atoms with E-state index in [9.17, 15) is 0 Å². The molecule has 3 aliphatic rings. The van der Waals surface area contributed by atoms with Crippen LogP contribution in [0.15, 0.2) is 41.4 Å². The quantitative estimate of drug-likeness (QED) is 0.478. The van der Waals surface area contributed by atoms with Crippen LogP contribution < -0.4 is 10.2 Å². The van der Waals surface area contributed by atoms with Gasteiger partial charge in [-0.25, -0.2) is 4.99 Å². The van der Waals surface area contributed by atoms with Gasteiger partial charge in [0.05, 0.1) is 17.1 Å². The monoisotopic (exact) mass is 475 g/mol. The van der Waals surface area contributed by atoms with Crippen molar-refractivity contribution < 1.29 is 0 Å². The van der Waals surface area contributed by atoms with Crippen molar-refractivity contribution in [3.8, 4) is 0 Å². The van der Waals surface area contributed by atoms with Crippen molar-refractivity contribution >= 4 is 22.9 Å². The molecule has 0 amide bonds. The molecule has 2 unspecified atom stereocenters. The Morgan fingerprint density at radius 2 is 1.66 bits per heavy atom. The van der Waals surface area contributed by atoms with Gasteiger partial charge in [-0.05, 0) is 53.0 Å². The summed E-state index contributed by atoms with van der Waals surface area (Å²) in [4.78, 5) is 7.63. The second-order valence-corrected chi connectivity index (χ2v) is 11.8. The number of nitrogens with zero attached hydrogens (tertiary/aromatic N) is 2. The third-order valence-electron chi connectivity index (χ3n) is 7.60. The summed E-state index contributed by atoms with van der Waals surface area (Å²) in [5.74, 6) is 1.15. The molecule has 3 nitrogen and oxygen atoms in total. The molecule has 0 fully saturated rings. The summed E-state index contributed by atoms with van der Waals surface area (Å²) in [6, 6.07) is 13.6. The Hall–Kier alpha value is -2.29. The van der Waals surface area contributed by atoms with Gasteiger partial charge in [0.2, 0.25) is 0 Å². The molecule has 2 atom stereocenters. The van der Waals surface area contributed by atoms with Gasteiger partial charge in [0.15, 0.2) is 0 Å². The third-order valence-corrected chi connectivity index (χ3v) is 7.60. The zero-order chi connectivity index (χ0) is 26.2. The smallest absolute Gasteiger partial charge is 0.133 e. The SMILES string of the molecule is CC.CC.CCCCC1(C)CC(C)(C)c2cc3c(cc21)NC1c2ccccc2N=C(C(C)(C)C)N31. The molecule has 1 N–H and O–H groups in total. The van der Waals surface area contributed by atoms with Crippen LogP contribution in [0, 0.1) is 5.41 Å². The highest BCUT2D eigenvalue weighted by Gasteiger charge is 2.48. The van der Waals surface area contributed by atoms with E-state index in [4.69, 9.17) is 4.99 Å². The first-order chi connectivity index (χ1) is 16.5. The molecule has 2 aliphatic heterocycles. The molecular weight excluding hydrogens is 426 g/mol. The molecule has 2 heterocycles. The predicted octanol–water partition coefficient (Wildman–Crippen LogP) is 9.89. The van der Waals surface area contributed by atoms with Gasteiger partial charge in [-0.2, -0.15) is 0 Å². The van der Waals surface area contributed by atoms with E-state index in [1.807, 2.05) is 27.7 Å². The van der Waals surface area contributed by atoms with Crippen molar-refractivity contribution in [2.75, 3.05) is 10.2 Å². The van der Waals surface area contributed by atoms with Gasteiger partial charge >= 0.3 is 0 Å². The highest BCUT2D eigenvalue weighted by molar-refractivity contribution is 6.09. The summed E-state index contributed by atoms with van der Waals surface area (Å²) < 4.78 is 0. The zero-order valence-electron chi connectivity index (χ0n) is 24.3. The van der Waals surface area contributed by atoms with E-state index in [0.29, 0.717) is 0 Å². The normalized spacial score (nSPS) is 22.8. The maximum absolute atomic E-state index is 5.16. The second kappa shape index (κ2) is 9.99. The summed E-state index contributed by atoms with van der Waals surface area (Å²) in [7, 11) is 0. The van der Waals surface area contributed by atoms with E-state index >= 15 is 0 Å². The lowest BCUT2D eigenvalue weighted by molar-refractivity contribution is 0.347. The van der Waals surface area contributed by atoms with Gasteiger partial charge in [0.25, 0.3) is 0 Å². The topological polar surface area (TPSA) is 27.6 Å². The van der Waals surface area contributed by atoms with E-state index in [1.165, 1.54) is 48.2 Å². The van der Waals surface area contributed by atoms with E-state index in [2.05, 4.69) is 95.1 Å². The number of fused-ring (bicyclic) bond motifs is 6. The summed E-state index contributed by atoms with van der Waals surface area (Å²) in [5.41, 5.74) is 8.40. The van der Waals surface area contributed by atoms with Gasteiger partial charge in [0.1, 0.15) is 12.0 Å². The molecule has 0 saturated heterocycles. The van der Waals surface area contributed by atoms with Crippen molar-refractivity contribution in [2.45, 2.75) is 119 Å². The molecule has 3 heteroatoms. The Labute approximate surface area is 215 Å². The second-order valence-electron chi connectivity index (χ2n) is 11.8. The molecule has 0 bridgehead atoms. The summed E-state index contributed by atoms with van der Waals surface area (Å²) in [6.45, 7) is 24.5. The lowest BCUT2D eigenvalue weighted by Gasteiger charge is -2.38. The first kappa shape index (κ1) is 27.3. The Bertz CT molecular complexity index is 1070. The van der Waals surface area contributed by atoms with Crippen LogP contribution in [-0.4, -0.2) is 5.84 Å².